The molecule has 3 aromatic rings. The number of hydrogen-bond donors (Lipinski definition) is 2. The summed E-state index contributed by atoms with van der Waals surface area (Å²) in [5.41, 5.74) is 3.78. The van der Waals surface area contributed by atoms with Crippen LogP contribution in [0.1, 0.15) is 23.7 Å². The molecule has 0 saturated carbocycles. The molecule has 6 heteroatoms. The summed E-state index contributed by atoms with van der Waals surface area (Å²) in [6.07, 6.45) is 0. The molecular formula is C21H24ClN3O2. The third-order valence-electron chi connectivity index (χ3n) is 4.36. The van der Waals surface area contributed by atoms with Crippen molar-refractivity contribution in [2.45, 2.75) is 33.0 Å². The fourth-order valence-corrected chi connectivity index (χ4v) is 2.98. The molecule has 1 atom stereocenters. The summed E-state index contributed by atoms with van der Waals surface area (Å²) >= 11 is 6.53. The van der Waals surface area contributed by atoms with Crippen LogP contribution in [0.3, 0.4) is 0 Å². The number of nitrogens with zero attached hydrogens (tertiary/aromatic N) is 2. The molecule has 0 amide bonds. The Hall–Kier alpha value is -2.34. The molecule has 0 aliphatic heterocycles. The van der Waals surface area contributed by atoms with Crippen molar-refractivity contribution in [3.05, 3.63) is 76.6 Å². The highest BCUT2D eigenvalue weighted by Gasteiger charge is 2.15. The molecule has 27 heavy (non-hydrogen) atoms. The number of benzene rings is 2. The maximum Gasteiger partial charge on any atom is 0.139 e. The molecule has 0 aliphatic carbocycles. The zero-order valence-electron chi connectivity index (χ0n) is 15.5. The lowest BCUT2D eigenvalue weighted by atomic mass is 10.2. The number of nitrogens with one attached hydrogen (secondary N) is 1. The summed E-state index contributed by atoms with van der Waals surface area (Å²) in [5, 5.41) is 17.4. The summed E-state index contributed by atoms with van der Waals surface area (Å²) in [6, 6.07) is 17.8. The average Bonchev–Trinajstić information content (AvgIpc) is 2.99. The van der Waals surface area contributed by atoms with Crippen LogP contribution in [0.5, 0.6) is 5.75 Å². The number of para-hydroxylation sites is 1. The van der Waals surface area contributed by atoms with Crippen molar-refractivity contribution in [1.82, 2.24) is 15.1 Å². The van der Waals surface area contributed by atoms with Crippen molar-refractivity contribution in [3.8, 4) is 11.4 Å². The Labute approximate surface area is 164 Å². The maximum absolute atomic E-state index is 9.05. The van der Waals surface area contributed by atoms with E-state index in [0.717, 1.165) is 28.3 Å². The number of hydrogen-bond acceptors (Lipinski definition) is 4. The molecule has 142 valence electrons. The standard InChI is InChI=1S/C21H24ClN3O2/c1-15(13-26)23-12-17-8-10-19(11-9-17)27-14-20-16(2)24-25(21(20)22)18-6-4-3-5-7-18/h3-11,15,23,26H,12-14H2,1-2H3/t15-/m1/s1. The van der Waals surface area contributed by atoms with Gasteiger partial charge in [-0.05, 0) is 43.7 Å². The second-order valence-corrected chi connectivity index (χ2v) is 6.86. The van der Waals surface area contributed by atoms with Crippen LogP contribution in [0, 0.1) is 6.92 Å². The predicted octanol–water partition coefficient (Wildman–Crippen LogP) is 3.88. The summed E-state index contributed by atoms with van der Waals surface area (Å²) in [4.78, 5) is 0. The van der Waals surface area contributed by atoms with E-state index in [9.17, 15) is 0 Å². The summed E-state index contributed by atoms with van der Waals surface area (Å²) in [5.74, 6) is 0.775. The minimum Gasteiger partial charge on any atom is -0.489 e. The second-order valence-electron chi connectivity index (χ2n) is 6.50. The van der Waals surface area contributed by atoms with E-state index in [2.05, 4.69) is 10.4 Å². The Bertz CT molecular complexity index is 863. The quantitative estimate of drug-likeness (QED) is 0.617. The molecule has 3 rings (SSSR count). The Kier molecular flexibility index (Phi) is 6.50. The minimum atomic E-state index is 0.0761. The van der Waals surface area contributed by atoms with Gasteiger partial charge in [-0.3, -0.25) is 0 Å². The third-order valence-corrected chi connectivity index (χ3v) is 4.75. The lowest BCUT2D eigenvalue weighted by molar-refractivity contribution is 0.251. The molecule has 1 heterocycles. The first-order valence-electron chi connectivity index (χ1n) is 8.94. The van der Waals surface area contributed by atoms with Crippen molar-refractivity contribution in [2.75, 3.05) is 6.61 Å². The second kappa shape index (κ2) is 9.04. The Morgan fingerprint density at radius 2 is 1.85 bits per heavy atom. The highest BCUT2D eigenvalue weighted by molar-refractivity contribution is 6.30. The van der Waals surface area contributed by atoms with Gasteiger partial charge in [0, 0.05) is 18.2 Å². The van der Waals surface area contributed by atoms with Crippen molar-refractivity contribution in [1.29, 1.82) is 0 Å². The lowest BCUT2D eigenvalue weighted by Crippen LogP contribution is -2.28. The Morgan fingerprint density at radius 3 is 2.52 bits per heavy atom. The normalized spacial score (nSPS) is 12.1. The molecule has 2 N–H and O–H groups in total. The van der Waals surface area contributed by atoms with E-state index >= 15 is 0 Å². The van der Waals surface area contributed by atoms with Gasteiger partial charge in [-0.25, -0.2) is 4.68 Å². The number of aromatic nitrogens is 2. The van der Waals surface area contributed by atoms with Gasteiger partial charge in [0.15, 0.2) is 0 Å². The highest BCUT2D eigenvalue weighted by atomic mass is 35.5. The first kappa shape index (κ1) is 19.4. The van der Waals surface area contributed by atoms with Gasteiger partial charge >= 0.3 is 0 Å². The fraction of sp³-hybridized carbons (Fsp3) is 0.286. The smallest absolute Gasteiger partial charge is 0.139 e. The summed E-state index contributed by atoms with van der Waals surface area (Å²) in [6.45, 7) is 5.06. The van der Waals surface area contributed by atoms with Crippen molar-refractivity contribution in [3.63, 3.8) is 0 Å². The third kappa shape index (κ3) is 4.89. The Balaban J connectivity index is 1.64. The van der Waals surface area contributed by atoms with Crippen LogP contribution in [0.15, 0.2) is 54.6 Å². The largest absolute Gasteiger partial charge is 0.489 e. The van der Waals surface area contributed by atoms with E-state index < -0.39 is 0 Å². The van der Waals surface area contributed by atoms with Crippen molar-refractivity contribution < 1.29 is 9.84 Å². The minimum absolute atomic E-state index is 0.0761. The lowest BCUT2D eigenvalue weighted by Gasteiger charge is -2.11. The van der Waals surface area contributed by atoms with E-state index in [0.29, 0.717) is 18.3 Å². The predicted molar refractivity (Wildman–Crippen MR) is 107 cm³/mol. The zero-order chi connectivity index (χ0) is 19.2. The van der Waals surface area contributed by atoms with Gasteiger partial charge in [0.05, 0.1) is 18.0 Å². The maximum atomic E-state index is 9.05. The van der Waals surface area contributed by atoms with Crippen LogP contribution in [0.2, 0.25) is 5.15 Å². The number of ether oxygens (including phenoxy) is 1. The van der Waals surface area contributed by atoms with E-state index in [1.807, 2.05) is 68.4 Å². The van der Waals surface area contributed by atoms with Gasteiger partial charge in [-0.1, -0.05) is 41.9 Å². The molecule has 2 aromatic carbocycles. The van der Waals surface area contributed by atoms with Crippen LogP contribution in [0.4, 0.5) is 0 Å². The van der Waals surface area contributed by atoms with Gasteiger partial charge in [-0.15, -0.1) is 0 Å². The Morgan fingerprint density at radius 1 is 1.15 bits per heavy atom. The van der Waals surface area contributed by atoms with Crippen LogP contribution >= 0.6 is 11.6 Å². The topological polar surface area (TPSA) is 59.3 Å². The number of aliphatic hydroxyl groups excluding tert-OH is 1. The molecule has 0 saturated heterocycles. The highest BCUT2D eigenvalue weighted by Crippen LogP contribution is 2.25. The molecule has 0 aliphatic rings. The van der Waals surface area contributed by atoms with Crippen molar-refractivity contribution in [2.24, 2.45) is 0 Å². The molecule has 0 radical (unpaired) electrons. The number of aryl methyl sites for hydroxylation is 1. The van der Waals surface area contributed by atoms with E-state index in [1.165, 1.54) is 0 Å². The molecule has 5 nitrogen and oxygen atoms in total. The van der Waals surface area contributed by atoms with E-state index in [1.54, 1.807) is 4.68 Å². The molecule has 0 unspecified atom stereocenters. The van der Waals surface area contributed by atoms with Gasteiger partial charge < -0.3 is 15.2 Å². The average molecular weight is 386 g/mol. The van der Waals surface area contributed by atoms with E-state index in [4.69, 9.17) is 21.4 Å². The van der Waals surface area contributed by atoms with Crippen LogP contribution < -0.4 is 10.1 Å². The van der Waals surface area contributed by atoms with Gasteiger partial charge in [0.1, 0.15) is 17.5 Å². The first-order chi connectivity index (χ1) is 13.1. The first-order valence-corrected chi connectivity index (χ1v) is 9.31. The molecule has 0 spiro atoms. The molecule has 0 fully saturated rings. The number of halogens is 1. The van der Waals surface area contributed by atoms with E-state index in [-0.39, 0.29) is 12.6 Å². The number of aliphatic hydroxyl groups is 1. The summed E-state index contributed by atoms with van der Waals surface area (Å²) < 4.78 is 7.64. The van der Waals surface area contributed by atoms with Gasteiger partial charge in [0.2, 0.25) is 0 Å². The van der Waals surface area contributed by atoms with Gasteiger partial charge in [0.25, 0.3) is 0 Å². The van der Waals surface area contributed by atoms with Crippen LogP contribution in [-0.2, 0) is 13.2 Å². The van der Waals surface area contributed by atoms with Crippen LogP contribution in [-0.4, -0.2) is 27.5 Å². The zero-order valence-corrected chi connectivity index (χ0v) is 16.3. The molecular weight excluding hydrogens is 362 g/mol. The fourth-order valence-electron chi connectivity index (χ4n) is 2.65. The number of rotatable bonds is 8. The monoisotopic (exact) mass is 385 g/mol. The molecule has 1 aromatic heterocycles. The van der Waals surface area contributed by atoms with Crippen LogP contribution in [0.25, 0.3) is 5.69 Å². The SMILES string of the molecule is Cc1nn(-c2ccccc2)c(Cl)c1COc1ccc(CN[C@H](C)CO)cc1. The van der Waals surface area contributed by atoms with Gasteiger partial charge in [-0.2, -0.15) is 5.10 Å². The summed E-state index contributed by atoms with van der Waals surface area (Å²) in [7, 11) is 0. The molecule has 0 bridgehead atoms. The van der Waals surface area contributed by atoms with Crippen molar-refractivity contribution >= 4 is 11.6 Å².